The van der Waals surface area contributed by atoms with Crippen molar-refractivity contribution in [2.24, 2.45) is 0 Å². The number of aromatic nitrogens is 4. The summed E-state index contributed by atoms with van der Waals surface area (Å²) in [6.07, 6.45) is 4.18. The standard InChI is InChI=1S/C12H15N5O2/c1-2-6-13-11(18)9-17-12(19)5-4-10(15-17)16-8-3-7-14-16/h3-5,7-8H,2,6,9H2,1H3,(H,13,18). The average molecular weight is 261 g/mol. The van der Waals surface area contributed by atoms with Crippen LogP contribution in [0.1, 0.15) is 13.3 Å². The summed E-state index contributed by atoms with van der Waals surface area (Å²) in [5.41, 5.74) is -0.317. The molecule has 0 spiro atoms. The number of hydrogen-bond donors (Lipinski definition) is 1. The smallest absolute Gasteiger partial charge is 0.267 e. The molecule has 0 unspecified atom stereocenters. The molecule has 0 aromatic carbocycles. The minimum absolute atomic E-state index is 0.0893. The monoisotopic (exact) mass is 261 g/mol. The second-order valence-corrected chi connectivity index (χ2v) is 3.99. The van der Waals surface area contributed by atoms with E-state index >= 15 is 0 Å². The Bertz CT molecular complexity index is 603. The van der Waals surface area contributed by atoms with Crippen LogP contribution in [-0.2, 0) is 11.3 Å². The Kier molecular flexibility index (Phi) is 4.07. The number of amides is 1. The van der Waals surface area contributed by atoms with Crippen molar-refractivity contribution in [1.29, 1.82) is 0 Å². The molecule has 0 bridgehead atoms. The zero-order valence-corrected chi connectivity index (χ0v) is 10.6. The number of carbonyl (C=O) groups is 1. The molecule has 100 valence electrons. The topological polar surface area (TPSA) is 81.8 Å². The molecule has 1 amide bonds. The van der Waals surface area contributed by atoms with Crippen LogP contribution in [0, 0.1) is 0 Å². The third-order valence-corrected chi connectivity index (χ3v) is 2.46. The summed E-state index contributed by atoms with van der Waals surface area (Å²) in [6, 6.07) is 4.69. The predicted octanol–water partition coefficient (Wildman–Crippen LogP) is -0.0448. The lowest BCUT2D eigenvalue weighted by molar-refractivity contribution is -0.121. The lowest BCUT2D eigenvalue weighted by Gasteiger charge is -2.07. The van der Waals surface area contributed by atoms with Crippen molar-refractivity contribution < 1.29 is 4.79 Å². The molecule has 7 nitrogen and oxygen atoms in total. The third-order valence-electron chi connectivity index (χ3n) is 2.46. The summed E-state index contributed by atoms with van der Waals surface area (Å²) in [5, 5.41) is 10.8. The SMILES string of the molecule is CCCNC(=O)Cn1nc(-n2cccn2)ccc1=O. The Hall–Kier alpha value is -2.44. The molecule has 0 radical (unpaired) electrons. The Morgan fingerprint density at radius 2 is 2.26 bits per heavy atom. The van der Waals surface area contributed by atoms with Crippen molar-refractivity contribution in [2.45, 2.75) is 19.9 Å². The molecule has 2 aromatic heterocycles. The van der Waals surface area contributed by atoms with E-state index in [0.29, 0.717) is 12.4 Å². The lowest BCUT2D eigenvalue weighted by atomic mass is 10.4. The van der Waals surface area contributed by atoms with E-state index in [0.717, 1.165) is 11.1 Å². The molecule has 2 heterocycles. The number of nitrogens with zero attached hydrogens (tertiary/aromatic N) is 4. The number of carbonyl (C=O) groups excluding carboxylic acids is 1. The van der Waals surface area contributed by atoms with Crippen LogP contribution in [0.5, 0.6) is 0 Å². The van der Waals surface area contributed by atoms with E-state index in [2.05, 4.69) is 15.5 Å². The summed E-state index contributed by atoms with van der Waals surface area (Å²) < 4.78 is 2.65. The molecule has 0 saturated carbocycles. The highest BCUT2D eigenvalue weighted by Crippen LogP contribution is 1.98. The summed E-state index contributed by atoms with van der Waals surface area (Å²) in [6.45, 7) is 2.46. The van der Waals surface area contributed by atoms with Gasteiger partial charge in [0.05, 0.1) is 0 Å². The van der Waals surface area contributed by atoms with Crippen molar-refractivity contribution >= 4 is 5.91 Å². The fourth-order valence-electron chi connectivity index (χ4n) is 1.53. The molecular weight excluding hydrogens is 246 g/mol. The Balaban J connectivity index is 2.18. The van der Waals surface area contributed by atoms with Gasteiger partial charge in [0, 0.05) is 25.0 Å². The summed E-state index contributed by atoms with van der Waals surface area (Å²) >= 11 is 0. The van der Waals surface area contributed by atoms with Crippen LogP contribution in [0.4, 0.5) is 0 Å². The minimum Gasteiger partial charge on any atom is -0.355 e. The van der Waals surface area contributed by atoms with Crippen molar-refractivity contribution in [3.63, 3.8) is 0 Å². The summed E-state index contributed by atoms with van der Waals surface area (Å²) in [7, 11) is 0. The van der Waals surface area contributed by atoms with E-state index in [4.69, 9.17) is 0 Å². The van der Waals surface area contributed by atoms with Crippen LogP contribution in [0.3, 0.4) is 0 Å². The van der Waals surface area contributed by atoms with Gasteiger partial charge in [-0.3, -0.25) is 9.59 Å². The molecule has 2 aromatic rings. The van der Waals surface area contributed by atoms with Crippen LogP contribution < -0.4 is 10.9 Å². The quantitative estimate of drug-likeness (QED) is 0.818. The first-order valence-electron chi connectivity index (χ1n) is 6.05. The largest absolute Gasteiger partial charge is 0.355 e. The number of rotatable bonds is 5. The van der Waals surface area contributed by atoms with Gasteiger partial charge in [-0.05, 0) is 18.6 Å². The summed E-state index contributed by atoms with van der Waals surface area (Å²) in [5.74, 6) is 0.266. The zero-order valence-electron chi connectivity index (χ0n) is 10.6. The molecule has 0 fully saturated rings. The van der Waals surface area contributed by atoms with E-state index in [1.165, 1.54) is 10.7 Å². The maximum absolute atomic E-state index is 11.6. The van der Waals surface area contributed by atoms with Crippen LogP contribution in [0.25, 0.3) is 5.82 Å². The molecule has 2 rings (SSSR count). The van der Waals surface area contributed by atoms with Crippen LogP contribution >= 0.6 is 0 Å². The first-order valence-corrected chi connectivity index (χ1v) is 6.05. The zero-order chi connectivity index (χ0) is 13.7. The molecule has 1 N–H and O–H groups in total. The molecule has 0 saturated heterocycles. The molecule has 0 atom stereocenters. The van der Waals surface area contributed by atoms with Gasteiger partial charge in [-0.2, -0.15) is 5.10 Å². The number of nitrogens with one attached hydrogen (secondary N) is 1. The van der Waals surface area contributed by atoms with Crippen molar-refractivity contribution in [3.05, 3.63) is 40.9 Å². The first-order chi connectivity index (χ1) is 9.20. The fraction of sp³-hybridized carbons (Fsp3) is 0.333. The average Bonchev–Trinajstić information content (AvgIpc) is 2.93. The van der Waals surface area contributed by atoms with Crippen molar-refractivity contribution in [3.8, 4) is 5.82 Å². The highest BCUT2D eigenvalue weighted by Gasteiger charge is 2.07. The van der Waals surface area contributed by atoms with Gasteiger partial charge in [0.1, 0.15) is 6.54 Å². The van der Waals surface area contributed by atoms with E-state index < -0.39 is 0 Å². The van der Waals surface area contributed by atoms with Gasteiger partial charge >= 0.3 is 0 Å². The van der Waals surface area contributed by atoms with Gasteiger partial charge in [0.25, 0.3) is 5.56 Å². The molecule has 0 aliphatic carbocycles. The van der Waals surface area contributed by atoms with Gasteiger partial charge in [0.15, 0.2) is 5.82 Å². The maximum atomic E-state index is 11.6. The highest BCUT2D eigenvalue weighted by atomic mass is 16.2. The van der Waals surface area contributed by atoms with Gasteiger partial charge in [-0.25, -0.2) is 9.36 Å². The van der Waals surface area contributed by atoms with Gasteiger partial charge < -0.3 is 5.32 Å². The molecule has 19 heavy (non-hydrogen) atoms. The fourth-order valence-corrected chi connectivity index (χ4v) is 1.53. The number of hydrogen-bond acceptors (Lipinski definition) is 4. The Morgan fingerprint density at radius 1 is 1.42 bits per heavy atom. The van der Waals surface area contributed by atoms with Crippen LogP contribution in [0.2, 0.25) is 0 Å². The second kappa shape index (κ2) is 5.94. The minimum atomic E-state index is -0.317. The molecule has 0 aliphatic heterocycles. The van der Waals surface area contributed by atoms with Crippen molar-refractivity contribution in [1.82, 2.24) is 24.9 Å². The normalized spacial score (nSPS) is 10.4. The van der Waals surface area contributed by atoms with E-state index in [1.807, 2.05) is 6.92 Å². The summed E-state index contributed by atoms with van der Waals surface area (Å²) in [4.78, 5) is 23.2. The third kappa shape index (κ3) is 3.27. The Morgan fingerprint density at radius 3 is 2.95 bits per heavy atom. The van der Waals surface area contributed by atoms with Crippen LogP contribution in [0.15, 0.2) is 35.4 Å². The van der Waals surface area contributed by atoms with E-state index in [1.54, 1.807) is 24.5 Å². The maximum Gasteiger partial charge on any atom is 0.267 e. The first kappa shape index (κ1) is 13.0. The second-order valence-electron chi connectivity index (χ2n) is 3.99. The lowest BCUT2D eigenvalue weighted by Crippen LogP contribution is -2.34. The van der Waals surface area contributed by atoms with E-state index in [-0.39, 0.29) is 18.0 Å². The predicted molar refractivity (Wildman–Crippen MR) is 68.9 cm³/mol. The molecule has 0 aliphatic rings. The van der Waals surface area contributed by atoms with Gasteiger partial charge in [0.2, 0.25) is 5.91 Å². The van der Waals surface area contributed by atoms with Crippen LogP contribution in [-0.4, -0.2) is 32.0 Å². The van der Waals surface area contributed by atoms with Gasteiger partial charge in [-0.15, -0.1) is 5.10 Å². The molecule has 7 heteroatoms. The Labute approximate surface area is 109 Å². The van der Waals surface area contributed by atoms with Gasteiger partial charge in [-0.1, -0.05) is 6.92 Å². The van der Waals surface area contributed by atoms with E-state index in [9.17, 15) is 9.59 Å². The van der Waals surface area contributed by atoms with Crippen molar-refractivity contribution in [2.75, 3.05) is 6.54 Å². The molecular formula is C12H15N5O2. The highest BCUT2D eigenvalue weighted by molar-refractivity contribution is 5.75.